The Labute approximate surface area is 179 Å². The number of carbonyl (C=O) groups is 1. The molecule has 0 fully saturated rings. The molecule has 0 spiro atoms. The third-order valence-electron chi connectivity index (χ3n) is 5.19. The maximum absolute atomic E-state index is 12.8. The number of likely N-dealkylation sites (N-methyl/N-ethyl adjacent to an activating group) is 1. The molecule has 0 saturated carbocycles. The average Bonchev–Trinajstić information content (AvgIpc) is 2.80. The Morgan fingerprint density at radius 2 is 1.87 bits per heavy atom. The van der Waals surface area contributed by atoms with Crippen molar-refractivity contribution in [1.29, 1.82) is 0 Å². The molecule has 1 N–H and O–H groups in total. The number of ether oxygens (including phenoxy) is 1. The summed E-state index contributed by atoms with van der Waals surface area (Å²) in [6.45, 7) is 2.63. The number of rotatable bonds is 6. The molecule has 4 aromatic rings. The molecule has 6 heteroatoms. The molecule has 0 atom stereocenters. The van der Waals surface area contributed by atoms with Crippen LogP contribution in [-0.2, 0) is 11.3 Å². The molecule has 1 heterocycles. The minimum absolute atomic E-state index is 0.145. The van der Waals surface area contributed by atoms with E-state index >= 15 is 0 Å². The van der Waals surface area contributed by atoms with E-state index < -0.39 is 0 Å². The van der Waals surface area contributed by atoms with Crippen LogP contribution in [0.3, 0.4) is 0 Å². The molecule has 0 aliphatic carbocycles. The van der Waals surface area contributed by atoms with E-state index in [0.29, 0.717) is 23.3 Å². The maximum Gasteiger partial charge on any atom is 0.258 e. The largest absolute Gasteiger partial charge is 0.497 e. The summed E-state index contributed by atoms with van der Waals surface area (Å²) >= 11 is 0. The van der Waals surface area contributed by atoms with Gasteiger partial charge in [-0.2, -0.15) is 0 Å². The van der Waals surface area contributed by atoms with Gasteiger partial charge < -0.3 is 14.6 Å². The molecule has 31 heavy (non-hydrogen) atoms. The summed E-state index contributed by atoms with van der Waals surface area (Å²) in [4.78, 5) is 33.9. The molecule has 4 rings (SSSR count). The lowest BCUT2D eigenvalue weighted by atomic mass is 10.1. The van der Waals surface area contributed by atoms with Crippen molar-refractivity contribution in [2.24, 2.45) is 0 Å². The monoisotopic (exact) mass is 413 g/mol. The smallest absolute Gasteiger partial charge is 0.258 e. The number of aromatic nitrogens is 2. The zero-order valence-electron chi connectivity index (χ0n) is 17.5. The lowest BCUT2D eigenvalue weighted by Crippen LogP contribution is -2.30. The van der Waals surface area contributed by atoms with Gasteiger partial charge in [-0.25, -0.2) is 4.98 Å². The Morgan fingerprint density at radius 3 is 2.68 bits per heavy atom. The number of para-hydroxylation sites is 1. The molecule has 0 unspecified atom stereocenters. The van der Waals surface area contributed by atoms with Crippen LogP contribution in [0.4, 0.5) is 0 Å². The van der Waals surface area contributed by atoms with Gasteiger partial charge in [-0.3, -0.25) is 9.59 Å². The number of nitrogens with one attached hydrogen (secondary N) is 1. The van der Waals surface area contributed by atoms with Gasteiger partial charge in [0.25, 0.3) is 5.56 Å². The number of H-pyrrole nitrogens is 1. The van der Waals surface area contributed by atoms with Gasteiger partial charge in [-0.05, 0) is 59.7 Å². The van der Waals surface area contributed by atoms with Crippen LogP contribution in [0.25, 0.3) is 27.8 Å². The van der Waals surface area contributed by atoms with E-state index in [1.807, 2.05) is 49.4 Å². The summed E-state index contributed by atoms with van der Waals surface area (Å²) in [6, 6.07) is 19.0. The fourth-order valence-corrected chi connectivity index (χ4v) is 3.48. The van der Waals surface area contributed by atoms with Crippen molar-refractivity contribution < 1.29 is 9.53 Å². The fourth-order valence-electron chi connectivity index (χ4n) is 3.48. The van der Waals surface area contributed by atoms with Crippen molar-refractivity contribution in [3.05, 3.63) is 88.5 Å². The summed E-state index contributed by atoms with van der Waals surface area (Å²) < 4.78 is 5.26. The van der Waals surface area contributed by atoms with Crippen molar-refractivity contribution in [2.45, 2.75) is 13.5 Å². The number of hydrogen-bond acceptors (Lipinski definition) is 4. The lowest BCUT2D eigenvalue weighted by Gasteiger charge is -2.18. The summed E-state index contributed by atoms with van der Waals surface area (Å²) in [5.74, 6) is 1.13. The van der Waals surface area contributed by atoms with Gasteiger partial charge in [0.1, 0.15) is 11.6 Å². The zero-order valence-corrected chi connectivity index (χ0v) is 17.5. The highest BCUT2D eigenvalue weighted by atomic mass is 16.5. The van der Waals surface area contributed by atoms with Gasteiger partial charge >= 0.3 is 0 Å². The van der Waals surface area contributed by atoms with Crippen LogP contribution in [-0.4, -0.2) is 34.4 Å². The molecule has 0 aliphatic heterocycles. The lowest BCUT2D eigenvalue weighted by molar-refractivity contribution is -0.126. The molecule has 156 valence electrons. The highest BCUT2D eigenvalue weighted by Crippen LogP contribution is 2.22. The Balaban J connectivity index is 1.52. The van der Waals surface area contributed by atoms with Crippen LogP contribution >= 0.6 is 0 Å². The topological polar surface area (TPSA) is 75.3 Å². The Kier molecular flexibility index (Phi) is 5.80. The molecule has 0 aliphatic rings. The second kappa shape index (κ2) is 8.83. The zero-order chi connectivity index (χ0) is 21.8. The van der Waals surface area contributed by atoms with Crippen LogP contribution in [0.1, 0.15) is 18.3 Å². The van der Waals surface area contributed by atoms with Crippen molar-refractivity contribution in [3.63, 3.8) is 0 Å². The number of amides is 1. The first-order valence-corrected chi connectivity index (χ1v) is 10.1. The number of hydrogen-bond donors (Lipinski definition) is 1. The summed E-state index contributed by atoms with van der Waals surface area (Å²) in [5.41, 5.74) is 1.35. The highest BCUT2D eigenvalue weighted by molar-refractivity contribution is 5.93. The quantitative estimate of drug-likeness (QED) is 0.482. The molecule has 0 radical (unpaired) electrons. The van der Waals surface area contributed by atoms with Gasteiger partial charge in [-0.1, -0.05) is 30.3 Å². The predicted molar refractivity (Wildman–Crippen MR) is 123 cm³/mol. The van der Waals surface area contributed by atoms with Crippen molar-refractivity contribution in [2.75, 3.05) is 13.7 Å². The third kappa shape index (κ3) is 4.48. The molecule has 6 nitrogen and oxygen atoms in total. The van der Waals surface area contributed by atoms with Crippen LogP contribution in [0.15, 0.2) is 71.5 Å². The standard InChI is InChI=1S/C25H23N3O3/c1-3-28(16-23-26-22-7-5-4-6-21(22)25(30)27-23)24(29)13-9-17-8-10-19-15-20(31-2)12-11-18(19)14-17/h4-15H,3,16H2,1-2H3,(H,26,27,30)/b13-9+. The Morgan fingerprint density at radius 1 is 1.10 bits per heavy atom. The summed E-state index contributed by atoms with van der Waals surface area (Å²) in [6.07, 6.45) is 3.35. The third-order valence-corrected chi connectivity index (χ3v) is 5.19. The van der Waals surface area contributed by atoms with E-state index in [0.717, 1.165) is 22.1 Å². The molecule has 0 bridgehead atoms. The minimum Gasteiger partial charge on any atom is -0.497 e. The van der Waals surface area contributed by atoms with Gasteiger partial charge in [0.15, 0.2) is 0 Å². The first-order valence-electron chi connectivity index (χ1n) is 10.1. The fraction of sp³-hybridized carbons (Fsp3) is 0.160. The summed E-state index contributed by atoms with van der Waals surface area (Å²) in [5, 5.41) is 2.68. The van der Waals surface area contributed by atoms with Gasteiger partial charge in [0, 0.05) is 12.6 Å². The van der Waals surface area contributed by atoms with Crippen molar-refractivity contribution >= 4 is 33.7 Å². The number of aromatic amines is 1. The molecule has 3 aromatic carbocycles. The van der Waals surface area contributed by atoms with E-state index in [-0.39, 0.29) is 18.0 Å². The van der Waals surface area contributed by atoms with E-state index in [9.17, 15) is 9.59 Å². The second-order valence-electron chi connectivity index (χ2n) is 7.19. The van der Waals surface area contributed by atoms with Crippen LogP contribution in [0.5, 0.6) is 5.75 Å². The van der Waals surface area contributed by atoms with Crippen LogP contribution < -0.4 is 10.3 Å². The summed E-state index contributed by atoms with van der Waals surface area (Å²) in [7, 11) is 1.65. The van der Waals surface area contributed by atoms with E-state index in [4.69, 9.17) is 4.74 Å². The molecule has 1 amide bonds. The maximum atomic E-state index is 12.8. The molecular formula is C25H23N3O3. The van der Waals surface area contributed by atoms with E-state index in [1.54, 1.807) is 42.4 Å². The molecular weight excluding hydrogens is 390 g/mol. The Bertz CT molecular complexity index is 1340. The first-order chi connectivity index (χ1) is 15.1. The first kappa shape index (κ1) is 20.3. The average molecular weight is 413 g/mol. The van der Waals surface area contributed by atoms with E-state index in [1.165, 1.54) is 0 Å². The normalized spacial score (nSPS) is 11.3. The number of methoxy groups -OCH3 is 1. The Hall–Kier alpha value is -3.93. The van der Waals surface area contributed by atoms with Gasteiger partial charge in [-0.15, -0.1) is 0 Å². The van der Waals surface area contributed by atoms with Gasteiger partial charge in [0.05, 0.1) is 24.6 Å². The van der Waals surface area contributed by atoms with E-state index in [2.05, 4.69) is 9.97 Å². The van der Waals surface area contributed by atoms with Crippen LogP contribution in [0.2, 0.25) is 0 Å². The predicted octanol–water partition coefficient (Wildman–Crippen LogP) is 4.15. The van der Waals surface area contributed by atoms with Crippen molar-refractivity contribution in [1.82, 2.24) is 14.9 Å². The molecule has 1 aromatic heterocycles. The van der Waals surface area contributed by atoms with Gasteiger partial charge in [0.2, 0.25) is 5.91 Å². The SMILES string of the molecule is CCN(Cc1nc2ccccc2c(=O)[nH]1)C(=O)/C=C/c1ccc2cc(OC)ccc2c1. The number of carbonyl (C=O) groups excluding carboxylic acids is 1. The number of benzene rings is 3. The number of nitrogens with zero attached hydrogens (tertiary/aromatic N) is 2. The highest BCUT2D eigenvalue weighted by Gasteiger charge is 2.12. The minimum atomic E-state index is -0.201. The second-order valence-corrected chi connectivity index (χ2v) is 7.19. The molecule has 0 saturated heterocycles. The van der Waals surface area contributed by atoms with Crippen molar-refractivity contribution in [3.8, 4) is 5.75 Å². The number of fused-ring (bicyclic) bond motifs is 2. The van der Waals surface area contributed by atoms with Crippen LogP contribution in [0, 0.1) is 0 Å².